The van der Waals surface area contributed by atoms with Crippen LogP contribution in [-0.4, -0.2) is 17.8 Å². The molecule has 2 rings (SSSR count). The molecule has 0 unspecified atom stereocenters. The van der Waals surface area contributed by atoms with Crippen molar-refractivity contribution in [2.75, 3.05) is 12.4 Å². The minimum Gasteiger partial charge on any atom is -0.349 e. The maximum Gasteiger partial charge on any atom is 0.110 e. The summed E-state index contributed by atoms with van der Waals surface area (Å²) in [6.45, 7) is 20.9. The van der Waals surface area contributed by atoms with Crippen LogP contribution in [0.4, 0.5) is 5.69 Å². The number of benzene rings is 1. The molecule has 1 aliphatic rings. The number of anilines is 1. The van der Waals surface area contributed by atoms with Crippen LogP contribution >= 0.6 is 0 Å². The van der Waals surface area contributed by atoms with Crippen molar-refractivity contribution < 1.29 is 1.43 Å². The molecule has 0 fully saturated rings. The van der Waals surface area contributed by atoms with Crippen molar-refractivity contribution in [2.45, 2.75) is 88.5 Å². The van der Waals surface area contributed by atoms with E-state index in [4.69, 9.17) is 4.99 Å². The average molecular weight is 506 g/mol. The topological polar surface area (TPSA) is 27.6 Å². The van der Waals surface area contributed by atoms with Gasteiger partial charge in [0.05, 0.1) is 5.70 Å². The molecule has 0 aromatic heterocycles. The van der Waals surface area contributed by atoms with Crippen LogP contribution in [-0.2, 0) is 0 Å². The highest BCUT2D eigenvalue weighted by Gasteiger charge is 2.13. The lowest BCUT2D eigenvalue weighted by Crippen LogP contribution is -2.15. The predicted octanol–water partition coefficient (Wildman–Crippen LogP) is 10.9. The molecule has 1 aromatic carbocycles. The van der Waals surface area contributed by atoms with E-state index in [1.54, 1.807) is 0 Å². The molecule has 0 saturated heterocycles. The van der Waals surface area contributed by atoms with E-state index in [1.165, 1.54) is 35.4 Å². The molecule has 0 radical (unpaired) electrons. The van der Waals surface area contributed by atoms with E-state index in [1.807, 2.05) is 26.8 Å². The lowest BCUT2D eigenvalue weighted by molar-refractivity contribution is 0.559. The molecule has 0 aliphatic carbocycles. The van der Waals surface area contributed by atoms with Crippen LogP contribution in [0.25, 0.3) is 11.8 Å². The SMILES string of the molecule is C.C=CC(=C\CCCC(C)C)/C(=C\C)N=C1CC=Cc2ccc(/C(=C/C)N(C)/C(C)=C\C)cc2N1.CC.[HH]. The van der Waals surface area contributed by atoms with Crippen LogP contribution in [0.5, 0.6) is 0 Å². The molecule has 1 heterocycles. The summed E-state index contributed by atoms with van der Waals surface area (Å²) in [5, 5.41) is 3.61. The minimum atomic E-state index is 0. The molecule has 1 aliphatic heterocycles. The van der Waals surface area contributed by atoms with Gasteiger partial charge in [0.2, 0.25) is 0 Å². The first-order chi connectivity index (χ1) is 17.3. The quantitative estimate of drug-likeness (QED) is 0.253. The van der Waals surface area contributed by atoms with Crippen molar-refractivity contribution in [3.05, 3.63) is 89.3 Å². The normalized spacial score (nSPS) is 15.2. The minimum absolute atomic E-state index is 0. The van der Waals surface area contributed by atoms with Crippen molar-refractivity contribution >= 4 is 23.3 Å². The summed E-state index contributed by atoms with van der Waals surface area (Å²) in [7, 11) is 2.11. The Morgan fingerprint density at radius 1 is 1.16 bits per heavy atom. The number of aliphatic imine (C=N–C) groups is 1. The summed E-state index contributed by atoms with van der Waals surface area (Å²) in [6.07, 6.45) is 19.1. The molecule has 1 N–H and O–H groups in total. The number of nitrogens with zero attached hydrogens (tertiary/aromatic N) is 2. The maximum absolute atomic E-state index is 5.01. The van der Waals surface area contributed by atoms with Crippen molar-refractivity contribution in [3.63, 3.8) is 0 Å². The zero-order valence-corrected chi connectivity index (χ0v) is 24.3. The number of nitrogens with one attached hydrogen (secondary N) is 1. The van der Waals surface area contributed by atoms with Gasteiger partial charge in [-0.3, -0.25) is 0 Å². The second kappa shape index (κ2) is 18.2. The first-order valence-corrected chi connectivity index (χ1v) is 13.5. The van der Waals surface area contributed by atoms with Crippen molar-refractivity contribution in [3.8, 4) is 0 Å². The summed E-state index contributed by atoms with van der Waals surface area (Å²) >= 11 is 0. The van der Waals surface area contributed by atoms with Gasteiger partial charge in [0.15, 0.2) is 0 Å². The molecule has 0 atom stereocenters. The van der Waals surface area contributed by atoms with Gasteiger partial charge in [0.25, 0.3) is 0 Å². The lowest BCUT2D eigenvalue weighted by atomic mass is 10.0. The van der Waals surface area contributed by atoms with E-state index < -0.39 is 0 Å². The third kappa shape index (κ3) is 10.4. The number of unbranched alkanes of at least 4 members (excludes halogenated alkanes) is 1. The highest BCUT2D eigenvalue weighted by molar-refractivity contribution is 6.01. The van der Waals surface area contributed by atoms with Gasteiger partial charge in [-0.15, -0.1) is 0 Å². The third-order valence-corrected chi connectivity index (χ3v) is 6.21. The molecule has 1 aromatic rings. The van der Waals surface area contributed by atoms with E-state index >= 15 is 0 Å². The summed E-state index contributed by atoms with van der Waals surface area (Å²) in [6, 6.07) is 6.59. The van der Waals surface area contributed by atoms with Gasteiger partial charge in [0.1, 0.15) is 5.84 Å². The molecule has 0 saturated carbocycles. The van der Waals surface area contributed by atoms with E-state index in [2.05, 4.69) is 113 Å². The Bertz CT molecular complexity index is 1040. The van der Waals surface area contributed by atoms with E-state index in [0.29, 0.717) is 0 Å². The molecule has 0 amide bonds. The molecular formula is C34H55N3. The fourth-order valence-electron chi connectivity index (χ4n) is 4.00. The fourth-order valence-corrected chi connectivity index (χ4v) is 4.00. The van der Waals surface area contributed by atoms with Crippen LogP contribution < -0.4 is 5.32 Å². The molecular weight excluding hydrogens is 450 g/mol. The molecule has 0 spiro atoms. The largest absolute Gasteiger partial charge is 0.349 e. The Morgan fingerprint density at radius 2 is 1.86 bits per heavy atom. The van der Waals surface area contributed by atoms with Crippen LogP contribution in [0.1, 0.15) is 101 Å². The van der Waals surface area contributed by atoms with Gasteiger partial charge >= 0.3 is 0 Å². The number of rotatable bonds is 10. The Kier molecular flexibility index (Phi) is 16.7. The molecule has 3 nitrogen and oxygen atoms in total. The third-order valence-electron chi connectivity index (χ3n) is 6.21. The second-order valence-electron chi connectivity index (χ2n) is 9.12. The average Bonchev–Trinajstić information content (AvgIpc) is 3.09. The molecule has 3 heteroatoms. The lowest BCUT2D eigenvalue weighted by Gasteiger charge is -2.24. The Morgan fingerprint density at radius 3 is 2.43 bits per heavy atom. The van der Waals surface area contributed by atoms with Gasteiger partial charge in [-0.1, -0.05) is 103 Å². The van der Waals surface area contributed by atoms with E-state index in [-0.39, 0.29) is 8.85 Å². The first kappa shape index (κ1) is 33.9. The summed E-state index contributed by atoms with van der Waals surface area (Å²) in [5.41, 5.74) is 7.88. The maximum atomic E-state index is 5.01. The van der Waals surface area contributed by atoms with Crippen LogP contribution in [0.2, 0.25) is 0 Å². The zero-order valence-electron chi connectivity index (χ0n) is 24.3. The Balaban J connectivity index is 0. The van der Waals surface area contributed by atoms with Crippen LogP contribution in [0, 0.1) is 5.92 Å². The Labute approximate surface area is 230 Å². The highest BCUT2D eigenvalue weighted by Crippen LogP contribution is 2.29. The van der Waals surface area contributed by atoms with Crippen LogP contribution in [0.3, 0.4) is 0 Å². The number of allylic oxidation sites excluding steroid dienone is 6. The van der Waals surface area contributed by atoms with E-state index in [9.17, 15) is 0 Å². The van der Waals surface area contributed by atoms with Crippen molar-refractivity contribution in [2.24, 2.45) is 10.9 Å². The monoisotopic (exact) mass is 505 g/mol. The number of fused-ring (bicyclic) bond motifs is 1. The van der Waals surface area contributed by atoms with Crippen molar-refractivity contribution in [1.29, 1.82) is 0 Å². The molecule has 37 heavy (non-hydrogen) atoms. The van der Waals surface area contributed by atoms with E-state index in [0.717, 1.165) is 41.6 Å². The smallest absolute Gasteiger partial charge is 0.110 e. The second-order valence-corrected chi connectivity index (χ2v) is 9.12. The fraction of sp³-hybridized carbons (Fsp3) is 0.441. The molecule has 0 bridgehead atoms. The summed E-state index contributed by atoms with van der Waals surface area (Å²) in [4.78, 5) is 7.23. The summed E-state index contributed by atoms with van der Waals surface area (Å²) in [5.74, 6) is 1.67. The van der Waals surface area contributed by atoms with Crippen molar-refractivity contribution in [1.82, 2.24) is 4.90 Å². The van der Waals surface area contributed by atoms with Gasteiger partial charge in [-0.25, -0.2) is 4.99 Å². The number of hydrogen-bond donors (Lipinski definition) is 1. The molecule has 206 valence electrons. The van der Waals surface area contributed by atoms with Gasteiger partial charge in [-0.2, -0.15) is 0 Å². The number of amidine groups is 1. The van der Waals surface area contributed by atoms with Gasteiger partial charge in [0, 0.05) is 32.0 Å². The number of hydrogen-bond acceptors (Lipinski definition) is 2. The van der Waals surface area contributed by atoms with Gasteiger partial charge in [-0.05, 0) is 69.2 Å². The predicted molar refractivity (Wildman–Crippen MR) is 173 cm³/mol. The zero-order chi connectivity index (χ0) is 27.1. The first-order valence-electron chi connectivity index (χ1n) is 13.5. The summed E-state index contributed by atoms with van der Waals surface area (Å²) < 4.78 is 0. The van der Waals surface area contributed by atoms with Gasteiger partial charge < -0.3 is 10.2 Å². The highest BCUT2D eigenvalue weighted by atomic mass is 15.1. The van der Waals surface area contributed by atoms with Crippen LogP contribution in [0.15, 0.2) is 83.2 Å². The Hall–Kier alpha value is -3.07. The standard InChI is InChI=1S/C31H43N3.C2H6.CH4.H2/c1-9-24(7)34(8)30(12-4)27-21-20-26-18-15-19-31(33-29(26)22-27)32-28(11-3)25(10-2)17-14-13-16-23(5)6;1-2;;/h9-12,15,17-18,20-23H,2,13-14,16,19H2,1,3-8H3,(H,32,33);1-2H3;1H4;1H/b24-9-,25-17+,28-11+,30-12-;;;.